The minimum Gasteiger partial charge on any atom is -0.312 e. The van der Waals surface area contributed by atoms with Gasteiger partial charge in [0.15, 0.2) is 5.78 Å². The quantitative estimate of drug-likeness (QED) is 0.488. The van der Waals surface area contributed by atoms with Crippen molar-refractivity contribution in [2.45, 2.75) is 39.4 Å². The van der Waals surface area contributed by atoms with Crippen LogP contribution in [0.2, 0.25) is 0 Å². The van der Waals surface area contributed by atoms with Gasteiger partial charge in [-0.15, -0.1) is 0 Å². The van der Waals surface area contributed by atoms with E-state index in [1.54, 1.807) is 35.8 Å². The molecule has 0 unspecified atom stereocenters. The number of carbonyl (C=O) groups is 2. The van der Waals surface area contributed by atoms with Gasteiger partial charge < -0.3 is 4.90 Å². The lowest BCUT2D eigenvalue weighted by atomic mass is 10.0. The summed E-state index contributed by atoms with van der Waals surface area (Å²) in [5.74, 6) is 0.421. The van der Waals surface area contributed by atoms with E-state index in [4.69, 9.17) is 0 Å². The Bertz CT molecular complexity index is 1220. The highest BCUT2D eigenvalue weighted by atomic mass is 19.4. The molecule has 0 saturated carbocycles. The van der Waals surface area contributed by atoms with E-state index in [0.29, 0.717) is 18.1 Å². The number of halogens is 3. The van der Waals surface area contributed by atoms with E-state index in [1.165, 1.54) is 17.0 Å². The number of benzene rings is 1. The number of aryl methyl sites for hydroxylation is 1. The zero-order chi connectivity index (χ0) is 25.3. The molecule has 0 aliphatic carbocycles. The SMILES string of the molecule is Cc1cncn1-c1ccc(N2C[C@H](C(C)C)N(CC(=O)Cc3cccc(C(F)(F)F)c3)C2=O)cn1. The van der Waals surface area contributed by atoms with Gasteiger partial charge in [0.05, 0.1) is 30.0 Å². The molecule has 2 amide bonds. The highest BCUT2D eigenvalue weighted by Gasteiger charge is 2.40. The van der Waals surface area contributed by atoms with E-state index in [1.807, 2.05) is 25.3 Å². The normalized spacial score (nSPS) is 16.4. The fraction of sp³-hybridized carbons (Fsp3) is 0.360. The Morgan fingerprint density at radius 3 is 2.54 bits per heavy atom. The highest BCUT2D eigenvalue weighted by molar-refractivity contribution is 5.97. The lowest BCUT2D eigenvalue weighted by Crippen LogP contribution is -2.41. The third-order valence-electron chi connectivity index (χ3n) is 6.13. The number of Topliss-reactive ketones (excluding diaryl/α,β-unsaturated/α-hetero) is 1. The minimum absolute atomic E-state index is 0.0751. The lowest BCUT2D eigenvalue weighted by molar-refractivity contribution is -0.137. The fourth-order valence-electron chi connectivity index (χ4n) is 4.24. The Kier molecular flexibility index (Phi) is 6.64. The summed E-state index contributed by atoms with van der Waals surface area (Å²) in [5, 5.41) is 0. The van der Waals surface area contributed by atoms with Gasteiger partial charge in [0.1, 0.15) is 12.1 Å². The third-order valence-corrected chi connectivity index (χ3v) is 6.13. The molecule has 1 saturated heterocycles. The molecule has 0 N–H and O–H groups in total. The number of ketones is 1. The molecule has 2 aromatic heterocycles. The van der Waals surface area contributed by atoms with Gasteiger partial charge in [-0.1, -0.05) is 32.0 Å². The van der Waals surface area contributed by atoms with Crippen molar-refractivity contribution in [2.75, 3.05) is 18.0 Å². The van der Waals surface area contributed by atoms with Crippen LogP contribution in [0.15, 0.2) is 55.1 Å². The number of aromatic nitrogens is 3. The Balaban J connectivity index is 1.49. The lowest BCUT2D eigenvalue weighted by Gasteiger charge is -2.25. The molecule has 10 heteroatoms. The number of hydrogen-bond donors (Lipinski definition) is 0. The molecule has 3 aromatic rings. The first-order valence-electron chi connectivity index (χ1n) is 11.3. The summed E-state index contributed by atoms with van der Waals surface area (Å²) in [5.41, 5.74) is 1.000. The van der Waals surface area contributed by atoms with Crippen LogP contribution in [0.25, 0.3) is 5.82 Å². The van der Waals surface area contributed by atoms with Gasteiger partial charge in [0.2, 0.25) is 0 Å². The number of carbonyl (C=O) groups excluding carboxylic acids is 2. The number of rotatable bonds is 7. The molecule has 0 spiro atoms. The molecule has 1 aromatic carbocycles. The van der Waals surface area contributed by atoms with Crippen molar-refractivity contribution in [3.05, 3.63) is 71.9 Å². The van der Waals surface area contributed by atoms with Crippen LogP contribution in [0.4, 0.5) is 23.7 Å². The van der Waals surface area contributed by atoms with Crippen molar-refractivity contribution < 1.29 is 22.8 Å². The molecule has 0 bridgehead atoms. The van der Waals surface area contributed by atoms with Crippen LogP contribution in [0, 0.1) is 12.8 Å². The first-order chi connectivity index (χ1) is 16.5. The number of anilines is 1. The maximum atomic E-state index is 13.3. The number of amides is 2. The molecule has 1 atom stereocenters. The van der Waals surface area contributed by atoms with Gasteiger partial charge in [-0.2, -0.15) is 13.2 Å². The molecule has 0 radical (unpaired) electrons. The summed E-state index contributed by atoms with van der Waals surface area (Å²) in [7, 11) is 0. The molecule has 1 aliphatic rings. The predicted molar refractivity (Wildman–Crippen MR) is 124 cm³/mol. The molecule has 7 nitrogen and oxygen atoms in total. The number of pyridine rings is 1. The number of imidazole rings is 1. The molecule has 1 fully saturated rings. The molecule has 35 heavy (non-hydrogen) atoms. The zero-order valence-corrected chi connectivity index (χ0v) is 19.7. The van der Waals surface area contributed by atoms with Crippen LogP contribution < -0.4 is 4.90 Å². The number of alkyl halides is 3. The Hall–Kier alpha value is -3.69. The number of nitrogens with zero attached hydrogens (tertiary/aromatic N) is 5. The van der Waals surface area contributed by atoms with E-state index in [9.17, 15) is 22.8 Å². The average molecular weight is 486 g/mol. The predicted octanol–water partition coefficient (Wildman–Crippen LogP) is 4.67. The summed E-state index contributed by atoms with van der Waals surface area (Å²) in [4.78, 5) is 37.7. The van der Waals surface area contributed by atoms with Gasteiger partial charge >= 0.3 is 12.2 Å². The van der Waals surface area contributed by atoms with Crippen LogP contribution in [0.1, 0.15) is 30.7 Å². The monoisotopic (exact) mass is 485 g/mol. The Morgan fingerprint density at radius 1 is 1.17 bits per heavy atom. The second kappa shape index (κ2) is 9.52. The maximum Gasteiger partial charge on any atom is 0.416 e. The summed E-state index contributed by atoms with van der Waals surface area (Å²) < 4.78 is 40.8. The highest BCUT2D eigenvalue weighted by Crippen LogP contribution is 2.30. The number of urea groups is 1. The largest absolute Gasteiger partial charge is 0.416 e. The van der Waals surface area contributed by atoms with Crippen LogP contribution in [-0.2, 0) is 17.4 Å². The smallest absolute Gasteiger partial charge is 0.312 e. The van der Waals surface area contributed by atoms with Crippen LogP contribution >= 0.6 is 0 Å². The van der Waals surface area contributed by atoms with Crippen molar-refractivity contribution in [1.82, 2.24) is 19.4 Å². The molecular weight excluding hydrogens is 459 g/mol. The first-order valence-corrected chi connectivity index (χ1v) is 11.3. The fourth-order valence-corrected chi connectivity index (χ4v) is 4.24. The zero-order valence-electron chi connectivity index (χ0n) is 19.7. The first kappa shape index (κ1) is 24.4. The summed E-state index contributed by atoms with van der Waals surface area (Å²) in [6, 6.07) is 7.77. The minimum atomic E-state index is -4.48. The molecule has 1 aliphatic heterocycles. The van der Waals surface area contributed by atoms with E-state index in [-0.39, 0.29) is 42.3 Å². The second-order valence-corrected chi connectivity index (χ2v) is 9.03. The molecule has 184 valence electrons. The molecular formula is C25H26F3N5O2. The molecule has 4 rings (SSSR count). The van der Waals surface area contributed by atoms with Gasteiger partial charge in [-0.05, 0) is 36.6 Å². The van der Waals surface area contributed by atoms with E-state index in [0.717, 1.165) is 17.8 Å². The van der Waals surface area contributed by atoms with Crippen LogP contribution in [0.3, 0.4) is 0 Å². The van der Waals surface area contributed by atoms with Crippen molar-refractivity contribution in [3.63, 3.8) is 0 Å². The van der Waals surface area contributed by atoms with E-state index >= 15 is 0 Å². The van der Waals surface area contributed by atoms with E-state index < -0.39 is 11.7 Å². The van der Waals surface area contributed by atoms with Gasteiger partial charge in [0.25, 0.3) is 0 Å². The van der Waals surface area contributed by atoms with Gasteiger partial charge in [-0.3, -0.25) is 14.3 Å². The van der Waals surface area contributed by atoms with Crippen molar-refractivity contribution in [2.24, 2.45) is 5.92 Å². The molecule has 3 heterocycles. The topological polar surface area (TPSA) is 71.3 Å². The summed E-state index contributed by atoms with van der Waals surface area (Å²) in [6.45, 7) is 6.06. The van der Waals surface area contributed by atoms with Crippen LogP contribution in [-0.4, -0.2) is 50.4 Å². The van der Waals surface area contributed by atoms with E-state index in [2.05, 4.69) is 9.97 Å². The number of hydrogen-bond acceptors (Lipinski definition) is 4. The summed E-state index contributed by atoms with van der Waals surface area (Å²) >= 11 is 0. The van der Waals surface area contributed by atoms with Gasteiger partial charge in [-0.25, -0.2) is 14.8 Å². The van der Waals surface area contributed by atoms with Gasteiger partial charge in [0, 0.05) is 24.9 Å². The Labute approximate surface area is 201 Å². The summed E-state index contributed by atoms with van der Waals surface area (Å²) in [6.07, 6.45) is 0.330. The van der Waals surface area contributed by atoms with Crippen LogP contribution in [0.5, 0.6) is 0 Å². The average Bonchev–Trinajstić information content (AvgIpc) is 3.37. The third kappa shape index (κ3) is 5.21. The van der Waals surface area contributed by atoms with Crippen molar-refractivity contribution in [1.29, 1.82) is 0 Å². The van der Waals surface area contributed by atoms with Crippen molar-refractivity contribution >= 4 is 17.5 Å². The Morgan fingerprint density at radius 2 is 1.94 bits per heavy atom. The standard InChI is InChI=1S/C25H26F3N5O2/c1-16(2)22-14-31(20-7-8-23(30-12-20)33-15-29-11-17(33)3)24(35)32(22)13-21(34)10-18-5-4-6-19(9-18)25(26,27)28/h4-9,11-12,15-16,22H,10,13-14H2,1-3H3/t22-/m1/s1. The van der Waals surface area contributed by atoms with Crippen molar-refractivity contribution in [3.8, 4) is 5.82 Å². The maximum absolute atomic E-state index is 13.3. The second-order valence-electron chi connectivity index (χ2n) is 9.03.